The van der Waals surface area contributed by atoms with E-state index in [0.717, 1.165) is 16.7 Å². The first-order valence-electron chi connectivity index (χ1n) is 10.5. The quantitative estimate of drug-likeness (QED) is 0.693. The van der Waals surface area contributed by atoms with Crippen LogP contribution in [0.4, 0.5) is 0 Å². The van der Waals surface area contributed by atoms with Crippen molar-refractivity contribution in [2.45, 2.75) is 26.2 Å². The minimum Gasteiger partial charge on any atom is -0.369 e. The Morgan fingerprint density at radius 3 is 2.58 bits per heavy atom. The molecule has 6 heteroatoms. The number of benzene rings is 2. The second-order valence-corrected chi connectivity index (χ2v) is 8.31. The number of amides is 2. The van der Waals surface area contributed by atoms with Crippen molar-refractivity contribution >= 4 is 11.8 Å². The highest BCUT2D eigenvalue weighted by Gasteiger charge is 2.42. The summed E-state index contributed by atoms with van der Waals surface area (Å²) in [5.41, 5.74) is 9.86. The van der Waals surface area contributed by atoms with Crippen LogP contribution in [0, 0.1) is 12.3 Å². The van der Waals surface area contributed by atoms with Gasteiger partial charge < -0.3 is 10.6 Å². The number of rotatable bonds is 5. The molecular weight excluding hydrogens is 388 g/mol. The third kappa shape index (κ3) is 4.48. The Labute approximate surface area is 182 Å². The lowest BCUT2D eigenvalue weighted by atomic mass is 9.74. The molecular formula is C25H26N4O2. The number of aryl methyl sites for hydroxylation is 1. The zero-order valence-electron chi connectivity index (χ0n) is 17.6. The minimum absolute atomic E-state index is 0.216. The summed E-state index contributed by atoms with van der Waals surface area (Å²) in [7, 11) is 0. The second kappa shape index (κ2) is 8.68. The molecule has 2 heterocycles. The van der Waals surface area contributed by atoms with Crippen molar-refractivity contribution in [1.29, 1.82) is 0 Å². The number of nitrogens with zero attached hydrogens (tertiary/aromatic N) is 3. The van der Waals surface area contributed by atoms with Crippen molar-refractivity contribution in [2.24, 2.45) is 11.1 Å². The third-order valence-electron chi connectivity index (χ3n) is 5.99. The molecule has 3 aromatic rings. The Hall–Kier alpha value is -3.54. The van der Waals surface area contributed by atoms with Crippen molar-refractivity contribution in [3.63, 3.8) is 0 Å². The molecule has 1 aromatic heterocycles. The third-order valence-corrected chi connectivity index (χ3v) is 5.99. The maximum Gasteiger partial charge on any atom is 0.274 e. The highest BCUT2D eigenvalue weighted by molar-refractivity contribution is 5.93. The van der Waals surface area contributed by atoms with Gasteiger partial charge in [0.1, 0.15) is 5.69 Å². The fraction of sp³-hybridized carbons (Fsp3) is 0.280. The molecule has 0 radical (unpaired) electrons. The molecule has 1 saturated heterocycles. The van der Waals surface area contributed by atoms with Crippen LogP contribution in [0.25, 0.3) is 11.1 Å². The second-order valence-electron chi connectivity index (χ2n) is 8.31. The van der Waals surface area contributed by atoms with Gasteiger partial charge in [-0.3, -0.25) is 14.6 Å². The van der Waals surface area contributed by atoms with Crippen LogP contribution in [0.15, 0.2) is 67.1 Å². The van der Waals surface area contributed by atoms with E-state index in [1.807, 2.05) is 18.2 Å². The number of carbonyl (C=O) groups excluding carboxylic acids is 2. The predicted molar refractivity (Wildman–Crippen MR) is 119 cm³/mol. The molecule has 1 fully saturated rings. The van der Waals surface area contributed by atoms with E-state index in [0.29, 0.717) is 25.8 Å². The molecule has 0 spiro atoms. The fourth-order valence-electron chi connectivity index (χ4n) is 4.39. The summed E-state index contributed by atoms with van der Waals surface area (Å²) in [5, 5.41) is 0. The van der Waals surface area contributed by atoms with Gasteiger partial charge in [0.2, 0.25) is 5.91 Å². The summed E-state index contributed by atoms with van der Waals surface area (Å²) in [6.45, 7) is 2.93. The van der Waals surface area contributed by atoms with Gasteiger partial charge in [-0.2, -0.15) is 0 Å². The first-order chi connectivity index (χ1) is 15.0. The number of piperidine rings is 1. The average Bonchev–Trinajstić information content (AvgIpc) is 2.79. The molecule has 1 aliphatic heterocycles. The van der Waals surface area contributed by atoms with Crippen LogP contribution >= 0.6 is 0 Å². The molecule has 1 atom stereocenters. The molecule has 0 aliphatic carbocycles. The van der Waals surface area contributed by atoms with Gasteiger partial charge in [-0.15, -0.1) is 0 Å². The predicted octanol–water partition coefficient (Wildman–Crippen LogP) is 3.40. The van der Waals surface area contributed by atoms with Crippen LogP contribution in [0.5, 0.6) is 0 Å². The number of carbonyl (C=O) groups is 2. The van der Waals surface area contributed by atoms with E-state index < -0.39 is 5.41 Å². The molecule has 4 rings (SSSR count). The summed E-state index contributed by atoms with van der Waals surface area (Å²) in [4.78, 5) is 35.3. The van der Waals surface area contributed by atoms with E-state index in [-0.39, 0.29) is 24.1 Å². The smallest absolute Gasteiger partial charge is 0.274 e. The number of nitrogens with two attached hydrogens (primary N) is 1. The SMILES string of the molecule is Cc1cccc(-c2cccc(C[C@@]3(C(N)=O)CCCN(C(=O)c4cnccn4)C3)c2)c1. The Kier molecular flexibility index (Phi) is 5.80. The normalized spacial score (nSPS) is 18.5. The van der Waals surface area contributed by atoms with Gasteiger partial charge in [0.15, 0.2) is 0 Å². The maximum absolute atomic E-state index is 12.9. The topological polar surface area (TPSA) is 89.2 Å². The van der Waals surface area contributed by atoms with Gasteiger partial charge in [-0.25, -0.2) is 4.98 Å². The zero-order chi connectivity index (χ0) is 21.8. The van der Waals surface area contributed by atoms with E-state index in [9.17, 15) is 9.59 Å². The van der Waals surface area contributed by atoms with Crippen molar-refractivity contribution in [3.05, 3.63) is 83.9 Å². The Morgan fingerprint density at radius 1 is 1.10 bits per heavy atom. The van der Waals surface area contributed by atoms with Crippen LogP contribution in [0.1, 0.15) is 34.5 Å². The Morgan fingerprint density at radius 2 is 1.87 bits per heavy atom. The van der Waals surface area contributed by atoms with Crippen molar-refractivity contribution in [1.82, 2.24) is 14.9 Å². The van der Waals surface area contributed by atoms with Gasteiger partial charge in [0.25, 0.3) is 5.91 Å². The van der Waals surface area contributed by atoms with Gasteiger partial charge in [0, 0.05) is 25.5 Å². The largest absolute Gasteiger partial charge is 0.369 e. The maximum atomic E-state index is 12.9. The molecule has 0 unspecified atom stereocenters. The molecule has 0 bridgehead atoms. The summed E-state index contributed by atoms with van der Waals surface area (Å²) >= 11 is 0. The van der Waals surface area contributed by atoms with Crippen LogP contribution in [0.3, 0.4) is 0 Å². The molecule has 158 valence electrons. The lowest BCUT2D eigenvalue weighted by molar-refractivity contribution is -0.130. The van der Waals surface area contributed by atoms with E-state index in [1.165, 1.54) is 24.2 Å². The molecule has 6 nitrogen and oxygen atoms in total. The molecule has 1 aliphatic rings. The van der Waals surface area contributed by atoms with Crippen molar-refractivity contribution in [3.8, 4) is 11.1 Å². The molecule has 0 saturated carbocycles. The van der Waals surface area contributed by atoms with E-state index >= 15 is 0 Å². The molecule has 2 aromatic carbocycles. The van der Waals surface area contributed by atoms with Crippen molar-refractivity contribution in [2.75, 3.05) is 13.1 Å². The Balaban J connectivity index is 1.60. The fourth-order valence-corrected chi connectivity index (χ4v) is 4.39. The lowest BCUT2D eigenvalue weighted by Gasteiger charge is -2.40. The van der Waals surface area contributed by atoms with Crippen LogP contribution < -0.4 is 5.73 Å². The average molecular weight is 415 g/mol. The van der Waals surface area contributed by atoms with E-state index in [4.69, 9.17) is 5.73 Å². The number of aromatic nitrogens is 2. The summed E-state index contributed by atoms with van der Waals surface area (Å²) in [6.07, 6.45) is 6.34. The summed E-state index contributed by atoms with van der Waals surface area (Å²) < 4.78 is 0. The minimum atomic E-state index is -0.804. The highest BCUT2D eigenvalue weighted by atomic mass is 16.2. The van der Waals surface area contributed by atoms with Crippen LogP contribution in [-0.4, -0.2) is 39.8 Å². The molecule has 31 heavy (non-hydrogen) atoms. The highest BCUT2D eigenvalue weighted by Crippen LogP contribution is 2.35. The van der Waals surface area contributed by atoms with E-state index in [2.05, 4.69) is 47.2 Å². The number of hydrogen-bond donors (Lipinski definition) is 1. The summed E-state index contributed by atoms with van der Waals surface area (Å²) in [5.74, 6) is -0.586. The monoisotopic (exact) mass is 414 g/mol. The van der Waals surface area contributed by atoms with Crippen LogP contribution in [0.2, 0.25) is 0 Å². The van der Waals surface area contributed by atoms with Gasteiger partial charge in [0.05, 0.1) is 11.6 Å². The Bertz CT molecular complexity index is 1100. The first kappa shape index (κ1) is 20.7. The van der Waals surface area contributed by atoms with Gasteiger partial charge >= 0.3 is 0 Å². The number of primary amides is 1. The van der Waals surface area contributed by atoms with Crippen molar-refractivity contribution < 1.29 is 9.59 Å². The zero-order valence-corrected chi connectivity index (χ0v) is 17.6. The number of likely N-dealkylation sites (tertiary alicyclic amines) is 1. The van der Waals surface area contributed by atoms with Crippen LogP contribution in [-0.2, 0) is 11.2 Å². The number of hydrogen-bond acceptors (Lipinski definition) is 4. The summed E-state index contributed by atoms with van der Waals surface area (Å²) in [6, 6.07) is 16.5. The standard InChI is InChI=1S/C25H26N4O2/c1-18-5-2-7-20(13-18)21-8-3-6-19(14-21)15-25(24(26)31)9-4-12-29(17-25)23(30)22-16-27-10-11-28-22/h2-3,5-8,10-11,13-14,16H,4,9,12,15,17H2,1H3,(H2,26,31)/t25-/m0/s1. The van der Waals surface area contributed by atoms with Gasteiger partial charge in [-0.1, -0.05) is 54.1 Å². The van der Waals surface area contributed by atoms with E-state index in [1.54, 1.807) is 4.90 Å². The lowest BCUT2D eigenvalue weighted by Crippen LogP contribution is -2.53. The van der Waals surface area contributed by atoms with Gasteiger partial charge in [-0.05, 0) is 42.9 Å². The molecule has 2 amide bonds. The first-order valence-corrected chi connectivity index (χ1v) is 10.5. The molecule has 2 N–H and O–H groups in total.